The highest BCUT2D eigenvalue weighted by Crippen LogP contribution is 2.32. The third-order valence-corrected chi connectivity index (χ3v) is 3.93. The van der Waals surface area contributed by atoms with E-state index >= 15 is 0 Å². The molecule has 22 heavy (non-hydrogen) atoms. The summed E-state index contributed by atoms with van der Waals surface area (Å²) in [4.78, 5) is 0. The van der Waals surface area contributed by atoms with Gasteiger partial charge in [-0.2, -0.15) is 21.6 Å². The van der Waals surface area contributed by atoms with E-state index in [0.29, 0.717) is 0 Å². The van der Waals surface area contributed by atoms with Crippen molar-refractivity contribution in [3.63, 3.8) is 0 Å². The molecule has 0 aliphatic carbocycles. The molecule has 0 spiro atoms. The van der Waals surface area contributed by atoms with E-state index in [9.17, 15) is 21.6 Å². The van der Waals surface area contributed by atoms with Gasteiger partial charge in [-0.25, -0.2) is 0 Å². The van der Waals surface area contributed by atoms with Gasteiger partial charge in [-0.3, -0.25) is 4.18 Å². The maximum Gasteiger partial charge on any atom is 0.523 e. The molecule has 4 atom stereocenters. The van der Waals surface area contributed by atoms with Crippen molar-refractivity contribution in [2.45, 2.75) is 50.4 Å². The number of alkyl halides is 3. The van der Waals surface area contributed by atoms with Crippen molar-refractivity contribution >= 4 is 10.1 Å². The second-order valence-electron chi connectivity index (χ2n) is 4.48. The van der Waals surface area contributed by atoms with E-state index < -0.39 is 40.2 Å². The lowest BCUT2D eigenvalue weighted by atomic mass is 10.0. The maximum atomic E-state index is 12.5. The van der Waals surface area contributed by atoms with E-state index in [1.165, 1.54) is 6.92 Å². The Labute approximate surface area is 127 Å². The Balaban J connectivity index is 2.93. The van der Waals surface area contributed by atoms with Gasteiger partial charge in [0.1, 0.15) is 18.8 Å². The van der Waals surface area contributed by atoms with Gasteiger partial charge in [0.2, 0.25) is 0 Å². The highest BCUT2D eigenvalue weighted by molar-refractivity contribution is 7.87. The molecule has 1 fully saturated rings. The second kappa shape index (κ2) is 7.61. The Bertz CT molecular complexity index is 498. The summed E-state index contributed by atoms with van der Waals surface area (Å²) >= 11 is 0. The lowest BCUT2D eigenvalue weighted by Crippen LogP contribution is -2.51. The fourth-order valence-electron chi connectivity index (χ4n) is 1.99. The van der Waals surface area contributed by atoms with Gasteiger partial charge in [0.05, 0.1) is 6.10 Å². The quantitative estimate of drug-likeness (QED) is 0.411. The monoisotopic (exact) mass is 346 g/mol. The zero-order chi connectivity index (χ0) is 17.0. The van der Waals surface area contributed by atoms with Crippen LogP contribution < -0.4 is 0 Å². The zero-order valence-corrected chi connectivity index (χ0v) is 12.8. The summed E-state index contributed by atoms with van der Waals surface area (Å²) in [6.07, 6.45) is 0.667. The summed E-state index contributed by atoms with van der Waals surface area (Å²) in [6, 6.07) is 0. The molecule has 4 unspecified atom stereocenters. The van der Waals surface area contributed by atoms with Gasteiger partial charge in [-0.05, 0) is 13.8 Å². The largest absolute Gasteiger partial charge is 0.523 e. The number of hydrogen-bond acceptors (Lipinski definition) is 6. The summed E-state index contributed by atoms with van der Waals surface area (Å²) in [6.45, 7) is 3.19. The summed E-state index contributed by atoms with van der Waals surface area (Å²) < 4.78 is 79.8. The van der Waals surface area contributed by atoms with E-state index in [4.69, 9.17) is 20.6 Å². The van der Waals surface area contributed by atoms with Gasteiger partial charge in [0, 0.05) is 13.0 Å². The minimum absolute atomic E-state index is 0.219. The Morgan fingerprint density at radius 1 is 1.36 bits per heavy atom. The average Bonchev–Trinajstić information content (AvgIpc) is 2.36. The molecule has 0 saturated carbocycles. The molecule has 128 valence electrons. The topological polar surface area (TPSA) is 71.1 Å². The Hall–Kier alpha value is -0.860. The fourth-order valence-corrected chi connectivity index (χ4v) is 2.61. The smallest absolute Gasteiger partial charge is 0.360 e. The second-order valence-corrected chi connectivity index (χ2v) is 6.04. The van der Waals surface area contributed by atoms with Crippen molar-refractivity contribution in [1.82, 2.24) is 0 Å². The molecular formula is C12H17F3O6S. The van der Waals surface area contributed by atoms with Crippen LogP contribution in [-0.4, -0.2) is 51.7 Å². The number of terminal acetylenes is 1. The minimum atomic E-state index is -5.76. The van der Waals surface area contributed by atoms with Crippen LogP contribution in [0.15, 0.2) is 0 Å². The predicted octanol–water partition coefficient (Wildman–Crippen LogP) is 1.41. The van der Waals surface area contributed by atoms with Gasteiger partial charge >= 0.3 is 15.6 Å². The summed E-state index contributed by atoms with van der Waals surface area (Å²) in [5.74, 6) is 2.15. The van der Waals surface area contributed by atoms with Crippen LogP contribution in [0.25, 0.3) is 0 Å². The lowest BCUT2D eigenvalue weighted by molar-refractivity contribution is -0.248. The van der Waals surface area contributed by atoms with Crippen molar-refractivity contribution in [1.29, 1.82) is 0 Å². The minimum Gasteiger partial charge on any atom is -0.360 e. The average molecular weight is 346 g/mol. The maximum absolute atomic E-state index is 12.5. The van der Waals surface area contributed by atoms with Gasteiger partial charge in [-0.1, -0.05) is 5.92 Å². The standard InChI is InChI=1S/C12H17F3O6S/c1-4-6-19-11-8(3)20-10(18-5-2)7-9(11)21-22(16,17)12(13,14)15/h1,8-11H,5-7H2,2-3H3. The zero-order valence-electron chi connectivity index (χ0n) is 12.0. The number of rotatable bonds is 6. The Kier molecular flexibility index (Phi) is 6.64. The summed E-state index contributed by atoms with van der Waals surface area (Å²) in [5.41, 5.74) is -5.52. The molecule has 1 aliphatic heterocycles. The van der Waals surface area contributed by atoms with E-state index in [1.807, 2.05) is 0 Å². The first-order chi connectivity index (χ1) is 10.1. The molecule has 0 bridgehead atoms. The van der Waals surface area contributed by atoms with E-state index in [2.05, 4.69) is 10.1 Å². The normalized spacial score (nSPS) is 30.0. The third-order valence-electron chi connectivity index (χ3n) is 2.87. The molecule has 1 saturated heterocycles. The van der Waals surface area contributed by atoms with Crippen molar-refractivity contribution in [3.05, 3.63) is 0 Å². The lowest BCUT2D eigenvalue weighted by Gasteiger charge is -2.39. The molecule has 0 aromatic rings. The van der Waals surface area contributed by atoms with Gasteiger partial charge < -0.3 is 14.2 Å². The molecule has 0 N–H and O–H groups in total. The Morgan fingerprint density at radius 2 is 2.00 bits per heavy atom. The van der Waals surface area contributed by atoms with Gasteiger partial charge in [0.25, 0.3) is 0 Å². The molecule has 1 heterocycles. The van der Waals surface area contributed by atoms with Crippen LogP contribution in [-0.2, 0) is 28.5 Å². The summed E-state index contributed by atoms with van der Waals surface area (Å²) in [5, 5.41) is 0. The molecular weight excluding hydrogens is 329 g/mol. The first-order valence-electron chi connectivity index (χ1n) is 6.44. The van der Waals surface area contributed by atoms with Crippen LogP contribution in [0, 0.1) is 12.3 Å². The number of halogens is 3. The van der Waals surface area contributed by atoms with Crippen molar-refractivity contribution in [2.75, 3.05) is 13.2 Å². The van der Waals surface area contributed by atoms with E-state index in [0.717, 1.165) is 0 Å². The third kappa shape index (κ3) is 4.82. The van der Waals surface area contributed by atoms with E-state index in [-0.39, 0.29) is 19.6 Å². The van der Waals surface area contributed by atoms with Crippen LogP contribution in [0.4, 0.5) is 13.2 Å². The SMILES string of the molecule is C#CCOC1C(C)OC(OCC)CC1OS(=O)(=O)C(F)(F)F. The van der Waals surface area contributed by atoms with Crippen LogP contribution >= 0.6 is 0 Å². The van der Waals surface area contributed by atoms with Crippen LogP contribution in [0.2, 0.25) is 0 Å². The molecule has 10 heteroatoms. The van der Waals surface area contributed by atoms with E-state index in [1.54, 1.807) is 6.92 Å². The first kappa shape index (κ1) is 19.2. The van der Waals surface area contributed by atoms with Crippen LogP contribution in [0.1, 0.15) is 20.3 Å². The predicted molar refractivity (Wildman–Crippen MR) is 69.0 cm³/mol. The molecule has 0 aromatic carbocycles. The number of ether oxygens (including phenoxy) is 3. The van der Waals surface area contributed by atoms with Crippen LogP contribution in [0.5, 0.6) is 0 Å². The molecule has 0 aromatic heterocycles. The molecule has 1 rings (SSSR count). The molecule has 0 amide bonds. The summed E-state index contributed by atoms with van der Waals surface area (Å²) in [7, 11) is -5.76. The Morgan fingerprint density at radius 3 is 2.50 bits per heavy atom. The van der Waals surface area contributed by atoms with Crippen LogP contribution in [0.3, 0.4) is 0 Å². The molecule has 0 radical (unpaired) electrons. The highest BCUT2D eigenvalue weighted by atomic mass is 32.2. The first-order valence-corrected chi connectivity index (χ1v) is 7.85. The fraction of sp³-hybridized carbons (Fsp3) is 0.833. The molecule has 6 nitrogen and oxygen atoms in total. The number of hydrogen-bond donors (Lipinski definition) is 0. The highest BCUT2D eigenvalue weighted by Gasteiger charge is 2.51. The van der Waals surface area contributed by atoms with Gasteiger partial charge in [0.15, 0.2) is 6.29 Å². The van der Waals surface area contributed by atoms with Crippen molar-refractivity contribution < 1.29 is 40.0 Å². The van der Waals surface area contributed by atoms with Gasteiger partial charge in [-0.15, -0.1) is 6.42 Å². The van der Waals surface area contributed by atoms with Crippen molar-refractivity contribution in [2.24, 2.45) is 0 Å². The van der Waals surface area contributed by atoms with Crippen molar-refractivity contribution in [3.8, 4) is 12.3 Å². The molecule has 1 aliphatic rings.